The number of carbonyl (C=O) groups is 3. The number of hydrazine groups is 1. The summed E-state index contributed by atoms with van der Waals surface area (Å²) in [5.41, 5.74) is 8.83. The van der Waals surface area contributed by atoms with Crippen LogP contribution in [0.3, 0.4) is 0 Å². The Morgan fingerprint density at radius 3 is 2.65 bits per heavy atom. The van der Waals surface area contributed by atoms with Gasteiger partial charge in [-0.05, 0) is 94.0 Å². The Balaban J connectivity index is 1.15. The van der Waals surface area contributed by atoms with Gasteiger partial charge in [-0.1, -0.05) is 33.8 Å². The van der Waals surface area contributed by atoms with Crippen LogP contribution in [0.1, 0.15) is 97.4 Å². The van der Waals surface area contributed by atoms with Crippen LogP contribution in [-0.4, -0.2) is 94.1 Å². The van der Waals surface area contributed by atoms with Crippen LogP contribution >= 0.6 is 0 Å². The third-order valence-electron chi connectivity index (χ3n) is 14.3. The molecule has 0 spiro atoms. The van der Waals surface area contributed by atoms with Gasteiger partial charge in [0.1, 0.15) is 24.0 Å². The number of rotatable bonds is 9. The van der Waals surface area contributed by atoms with Crippen molar-refractivity contribution in [2.45, 2.75) is 129 Å². The number of fused-ring (bicyclic) bond motifs is 4. The lowest BCUT2D eigenvalue weighted by molar-refractivity contribution is -0.171. The van der Waals surface area contributed by atoms with Crippen molar-refractivity contribution in [3.8, 4) is 22.5 Å². The highest BCUT2D eigenvalue weighted by molar-refractivity contribution is 5.95. The molecule has 2 amide bonds. The number of methoxy groups -OCH3 is 1. The topological polar surface area (TPSA) is 159 Å². The summed E-state index contributed by atoms with van der Waals surface area (Å²) in [6.07, 6.45) is 6.86. The van der Waals surface area contributed by atoms with Crippen molar-refractivity contribution in [2.75, 3.05) is 26.9 Å². The van der Waals surface area contributed by atoms with Gasteiger partial charge < -0.3 is 33.2 Å². The summed E-state index contributed by atoms with van der Waals surface area (Å²) >= 11 is 0. The lowest BCUT2D eigenvalue weighted by atomic mass is 9.73. The highest BCUT2D eigenvalue weighted by Crippen LogP contribution is 2.46. The Hall–Kier alpha value is -4.63. The van der Waals surface area contributed by atoms with Crippen molar-refractivity contribution in [1.82, 2.24) is 30.3 Å². The van der Waals surface area contributed by atoms with Gasteiger partial charge in [0.05, 0.1) is 48.8 Å². The smallest absolute Gasteiger partial charge is 0.325 e. The maximum absolute atomic E-state index is 14.4. The lowest BCUT2D eigenvalue weighted by Crippen LogP contribution is -2.71. The van der Waals surface area contributed by atoms with E-state index in [1.165, 1.54) is 0 Å². The van der Waals surface area contributed by atoms with Crippen LogP contribution in [0.2, 0.25) is 0 Å². The zero-order valence-electron chi connectivity index (χ0n) is 37.4. The van der Waals surface area contributed by atoms with E-state index >= 15 is 0 Å². The molecule has 0 radical (unpaired) electrons. The number of hydrogen-bond acceptors (Lipinski definition) is 11. The van der Waals surface area contributed by atoms with Crippen LogP contribution in [0.5, 0.6) is 0 Å². The van der Waals surface area contributed by atoms with Crippen molar-refractivity contribution >= 4 is 28.7 Å². The molecule has 5 fully saturated rings. The summed E-state index contributed by atoms with van der Waals surface area (Å²) in [6, 6.07) is 8.68. The first-order valence-corrected chi connectivity index (χ1v) is 22.5. The minimum Gasteiger partial charge on any atom is -0.464 e. The number of nitrogens with one attached hydrogen (secondary N) is 2. The van der Waals surface area contributed by atoms with Gasteiger partial charge in [-0.25, -0.2) is 10.4 Å². The number of aromatic nitrogens is 3. The normalized spacial score (nSPS) is 29.6. The first-order chi connectivity index (χ1) is 29.6. The Labute approximate surface area is 363 Å². The van der Waals surface area contributed by atoms with E-state index in [2.05, 4.69) is 75.1 Å². The molecule has 62 heavy (non-hydrogen) atoms. The second kappa shape index (κ2) is 16.5. The van der Waals surface area contributed by atoms with E-state index < -0.39 is 17.5 Å². The van der Waals surface area contributed by atoms with Gasteiger partial charge >= 0.3 is 5.97 Å². The summed E-state index contributed by atoms with van der Waals surface area (Å²) in [5.74, 6) is -0.181. The number of ether oxygens (including phenoxy) is 4. The van der Waals surface area contributed by atoms with E-state index in [1.54, 1.807) is 24.6 Å². The molecule has 332 valence electrons. The van der Waals surface area contributed by atoms with Crippen molar-refractivity contribution in [3.05, 3.63) is 59.9 Å². The molecule has 2 aliphatic carbocycles. The summed E-state index contributed by atoms with van der Waals surface area (Å²) < 4.78 is 33.2. The summed E-state index contributed by atoms with van der Waals surface area (Å²) in [5, 5.41) is 5.64. The number of cyclic esters (lactones) is 1. The molecule has 3 aromatic heterocycles. The van der Waals surface area contributed by atoms with Crippen LogP contribution in [0.4, 0.5) is 0 Å². The number of benzene rings is 1. The molecule has 7 atom stereocenters. The predicted octanol–water partition coefficient (Wildman–Crippen LogP) is 6.59. The number of amides is 2. The molecule has 4 aliphatic heterocycles. The van der Waals surface area contributed by atoms with Crippen molar-refractivity contribution in [2.24, 2.45) is 29.1 Å². The molecular weight excluding hydrogens is 789 g/mol. The average molecular weight is 851 g/mol. The quantitative estimate of drug-likeness (QED) is 0.175. The van der Waals surface area contributed by atoms with E-state index in [-0.39, 0.29) is 78.3 Å². The van der Waals surface area contributed by atoms with Gasteiger partial charge in [-0.3, -0.25) is 24.4 Å². The fourth-order valence-electron chi connectivity index (χ4n) is 10.3. The van der Waals surface area contributed by atoms with E-state index in [0.717, 1.165) is 51.8 Å². The highest BCUT2D eigenvalue weighted by atomic mass is 16.5. The fraction of sp³-hybridized carbons (Fsp3) is 0.604. The second-order valence-corrected chi connectivity index (χ2v) is 19.9. The van der Waals surface area contributed by atoms with Gasteiger partial charge in [-0.2, -0.15) is 0 Å². The van der Waals surface area contributed by atoms with Gasteiger partial charge in [-0.15, -0.1) is 0 Å². The number of pyridine rings is 1. The number of carbonyl (C=O) groups excluding carboxylic acids is 3. The minimum absolute atomic E-state index is 0.0463. The predicted molar refractivity (Wildman–Crippen MR) is 231 cm³/mol. The van der Waals surface area contributed by atoms with Crippen molar-refractivity contribution in [1.29, 1.82) is 0 Å². The molecule has 2 saturated carbocycles. The summed E-state index contributed by atoms with van der Waals surface area (Å²) in [7, 11) is 1.70. The average Bonchev–Trinajstić information content (AvgIpc) is 3.49. The van der Waals surface area contributed by atoms with Gasteiger partial charge in [0.25, 0.3) is 5.91 Å². The van der Waals surface area contributed by atoms with Crippen LogP contribution < -0.4 is 10.7 Å². The molecule has 1 unspecified atom stereocenters. The van der Waals surface area contributed by atoms with E-state index in [9.17, 15) is 14.4 Å². The number of esters is 1. The Bertz CT molecular complexity index is 2340. The fourth-order valence-corrected chi connectivity index (χ4v) is 10.3. The minimum atomic E-state index is -0.948. The first-order valence-electron chi connectivity index (χ1n) is 22.5. The van der Waals surface area contributed by atoms with Crippen molar-refractivity contribution in [3.63, 3.8) is 0 Å². The Kier molecular flexibility index (Phi) is 11.3. The molecule has 1 aromatic carbocycles. The monoisotopic (exact) mass is 850 g/mol. The summed E-state index contributed by atoms with van der Waals surface area (Å²) in [4.78, 5) is 51.8. The van der Waals surface area contributed by atoms with E-state index in [1.807, 2.05) is 19.1 Å². The molecule has 2 N–H and O–H groups in total. The Morgan fingerprint density at radius 2 is 1.90 bits per heavy atom. The third kappa shape index (κ3) is 8.19. The van der Waals surface area contributed by atoms with Crippen LogP contribution in [0.25, 0.3) is 33.4 Å². The van der Waals surface area contributed by atoms with Crippen molar-refractivity contribution < 1.29 is 37.7 Å². The Morgan fingerprint density at radius 1 is 1.11 bits per heavy atom. The highest BCUT2D eigenvalue weighted by Gasteiger charge is 2.53. The SMILES string of the molecule is CO[C@@H](C)c1ncccc1-c1c2c3cc(ccc3n1CCO[C@H]1CCOC(C)(C)C1)-c1coc(n1)C[C@H](NC(=O)C1[C@@H](C)[C@H]1C)C(=O)N1N[C@H](C(=O)OCC(C)(C)C2)C2CC1C2. The zero-order valence-corrected chi connectivity index (χ0v) is 37.4. The summed E-state index contributed by atoms with van der Waals surface area (Å²) in [6.45, 7) is 16.5. The standard InChI is InChI=1S/C48H62N6O8/c1-26-27(2)40(26)44(55)51-36-21-39-50-37(24-60-39)29-11-12-38-34(20-29)35(23-47(4,5)25-61-46(57)42-30-18-31(19-30)54(52-42)45(36)56)43(33-10-9-14-49-41(33)28(3)58-8)53(38)15-17-59-32-13-16-62-48(6,7)22-32/h9-12,14,20,24,26-28,30-32,36,40,42,52H,13,15-19,21-23,25H2,1-8H3,(H,51,55)/t26-,27+,28-,30?,31?,32-,36-,40?,42-/m0/s1. The maximum atomic E-state index is 14.4. The van der Waals surface area contributed by atoms with Crippen LogP contribution in [0.15, 0.2) is 47.2 Å². The molecular formula is C48H62N6O8. The van der Waals surface area contributed by atoms with E-state index in [0.29, 0.717) is 50.6 Å². The largest absolute Gasteiger partial charge is 0.464 e. The molecule has 4 aromatic rings. The number of oxazole rings is 1. The molecule has 14 heteroatoms. The van der Waals surface area contributed by atoms with Gasteiger partial charge in [0, 0.05) is 72.3 Å². The zero-order chi connectivity index (χ0) is 43.7. The van der Waals surface area contributed by atoms with Gasteiger partial charge in [0.2, 0.25) is 5.91 Å². The maximum Gasteiger partial charge on any atom is 0.325 e. The van der Waals surface area contributed by atoms with Crippen LogP contribution in [0, 0.1) is 29.1 Å². The molecule has 14 nitrogen and oxygen atoms in total. The van der Waals surface area contributed by atoms with Crippen LogP contribution in [-0.2, 0) is 52.7 Å². The second-order valence-electron chi connectivity index (χ2n) is 19.9. The first kappa shape index (κ1) is 42.7. The number of hydrogen-bond donors (Lipinski definition) is 2. The van der Waals surface area contributed by atoms with E-state index in [4.69, 9.17) is 33.3 Å². The molecule has 10 rings (SSSR count). The molecule has 7 heterocycles. The third-order valence-corrected chi connectivity index (χ3v) is 14.3. The lowest BCUT2D eigenvalue weighted by Gasteiger charge is -2.53. The molecule has 8 bridgehead atoms. The number of nitrogens with zero attached hydrogens (tertiary/aromatic N) is 4. The molecule has 3 saturated heterocycles. The van der Waals surface area contributed by atoms with Gasteiger partial charge in [0.15, 0.2) is 5.89 Å². The molecule has 6 aliphatic rings.